The standard InChI is InChI=1S/C17H20N6O2.HI/c1-18-17(20-10-7-13-5-4-12-24-13)21-11-8-15-22-16(25-23-15)14-6-2-3-9-19-14;/h2-6,9,12H,7-8,10-11H2,1H3,(H2,18,20,21);1H. The number of guanidine groups is 1. The van der Waals surface area contributed by atoms with Crippen LogP contribution in [0.1, 0.15) is 11.6 Å². The second-order valence-electron chi connectivity index (χ2n) is 5.24. The Balaban J connectivity index is 0.00000243. The summed E-state index contributed by atoms with van der Waals surface area (Å²) in [6.45, 7) is 1.38. The summed E-state index contributed by atoms with van der Waals surface area (Å²) >= 11 is 0. The molecule has 0 unspecified atom stereocenters. The van der Waals surface area contributed by atoms with Crippen LogP contribution < -0.4 is 10.6 Å². The van der Waals surface area contributed by atoms with Crippen LogP contribution in [-0.4, -0.2) is 41.2 Å². The minimum Gasteiger partial charge on any atom is -0.469 e. The molecule has 0 atom stereocenters. The highest BCUT2D eigenvalue weighted by Crippen LogP contribution is 2.13. The zero-order valence-electron chi connectivity index (χ0n) is 14.4. The number of hydrogen-bond donors (Lipinski definition) is 2. The predicted octanol–water partition coefficient (Wildman–Crippen LogP) is 2.29. The molecule has 0 saturated carbocycles. The van der Waals surface area contributed by atoms with Crippen molar-refractivity contribution in [2.75, 3.05) is 20.1 Å². The topological polar surface area (TPSA) is 101 Å². The molecule has 8 nitrogen and oxygen atoms in total. The van der Waals surface area contributed by atoms with E-state index in [0.29, 0.717) is 30.4 Å². The lowest BCUT2D eigenvalue weighted by Gasteiger charge is -2.10. The SMILES string of the molecule is CN=C(NCCc1noc(-c2ccccn2)n1)NCCc1ccco1.I. The zero-order chi connectivity index (χ0) is 17.3. The Labute approximate surface area is 168 Å². The number of aliphatic imine (C=N–C) groups is 1. The average molecular weight is 468 g/mol. The Morgan fingerprint density at radius 3 is 2.65 bits per heavy atom. The second-order valence-corrected chi connectivity index (χ2v) is 5.24. The van der Waals surface area contributed by atoms with Crippen molar-refractivity contribution in [1.82, 2.24) is 25.8 Å². The van der Waals surface area contributed by atoms with Crippen molar-refractivity contribution in [3.05, 3.63) is 54.4 Å². The highest BCUT2D eigenvalue weighted by atomic mass is 127. The summed E-state index contributed by atoms with van der Waals surface area (Å²) in [5, 5.41) is 10.4. The van der Waals surface area contributed by atoms with E-state index in [1.807, 2.05) is 30.3 Å². The summed E-state index contributed by atoms with van der Waals surface area (Å²) in [5.74, 6) is 2.72. The van der Waals surface area contributed by atoms with E-state index >= 15 is 0 Å². The number of hydrogen-bond acceptors (Lipinski definition) is 6. The van der Waals surface area contributed by atoms with Crippen LogP contribution in [0.2, 0.25) is 0 Å². The summed E-state index contributed by atoms with van der Waals surface area (Å²) in [5.41, 5.74) is 0.671. The van der Waals surface area contributed by atoms with E-state index in [4.69, 9.17) is 8.94 Å². The highest BCUT2D eigenvalue weighted by molar-refractivity contribution is 14.0. The number of aromatic nitrogens is 3. The van der Waals surface area contributed by atoms with E-state index in [-0.39, 0.29) is 24.0 Å². The summed E-state index contributed by atoms with van der Waals surface area (Å²) in [6, 6.07) is 9.39. The van der Waals surface area contributed by atoms with Gasteiger partial charge in [-0.15, -0.1) is 24.0 Å². The van der Waals surface area contributed by atoms with Crippen LogP contribution >= 0.6 is 24.0 Å². The van der Waals surface area contributed by atoms with Gasteiger partial charge < -0.3 is 19.6 Å². The van der Waals surface area contributed by atoms with Gasteiger partial charge in [-0.25, -0.2) is 0 Å². The molecule has 0 aliphatic heterocycles. The lowest BCUT2D eigenvalue weighted by molar-refractivity contribution is 0.421. The van der Waals surface area contributed by atoms with E-state index < -0.39 is 0 Å². The van der Waals surface area contributed by atoms with Crippen LogP contribution in [0.5, 0.6) is 0 Å². The molecule has 138 valence electrons. The highest BCUT2D eigenvalue weighted by Gasteiger charge is 2.09. The summed E-state index contributed by atoms with van der Waals surface area (Å²) < 4.78 is 10.5. The molecule has 26 heavy (non-hydrogen) atoms. The molecule has 0 fully saturated rings. The van der Waals surface area contributed by atoms with Crippen molar-refractivity contribution in [2.24, 2.45) is 4.99 Å². The lowest BCUT2D eigenvalue weighted by atomic mass is 10.3. The molecule has 0 amide bonds. The summed E-state index contributed by atoms with van der Waals surface area (Å²) in [4.78, 5) is 12.7. The first kappa shape index (κ1) is 19.9. The van der Waals surface area contributed by atoms with Crippen LogP contribution in [0, 0.1) is 0 Å². The van der Waals surface area contributed by atoms with Crippen LogP contribution in [0.15, 0.2) is 56.7 Å². The van der Waals surface area contributed by atoms with Gasteiger partial charge in [-0.2, -0.15) is 4.98 Å². The van der Waals surface area contributed by atoms with Crippen LogP contribution in [-0.2, 0) is 12.8 Å². The number of nitrogens with zero attached hydrogens (tertiary/aromatic N) is 4. The third-order valence-corrected chi connectivity index (χ3v) is 3.46. The molecule has 0 aliphatic carbocycles. The Kier molecular flexibility index (Phi) is 8.06. The maximum Gasteiger partial charge on any atom is 0.276 e. The fourth-order valence-corrected chi connectivity index (χ4v) is 2.22. The second kappa shape index (κ2) is 10.5. The molecule has 0 saturated heterocycles. The zero-order valence-corrected chi connectivity index (χ0v) is 16.7. The summed E-state index contributed by atoms with van der Waals surface area (Å²) in [7, 11) is 1.73. The Morgan fingerprint density at radius 2 is 1.96 bits per heavy atom. The quantitative estimate of drug-likeness (QED) is 0.312. The lowest BCUT2D eigenvalue weighted by Crippen LogP contribution is -2.39. The first-order valence-corrected chi connectivity index (χ1v) is 8.06. The van der Waals surface area contributed by atoms with E-state index in [2.05, 4.69) is 30.8 Å². The van der Waals surface area contributed by atoms with Crippen LogP contribution in [0.25, 0.3) is 11.6 Å². The number of pyridine rings is 1. The molecule has 0 bridgehead atoms. The van der Waals surface area contributed by atoms with Gasteiger partial charge in [0.05, 0.1) is 6.26 Å². The molecule has 3 rings (SSSR count). The van der Waals surface area contributed by atoms with Crippen molar-refractivity contribution in [3.8, 4) is 11.6 Å². The smallest absolute Gasteiger partial charge is 0.276 e. The van der Waals surface area contributed by atoms with Crippen molar-refractivity contribution in [3.63, 3.8) is 0 Å². The minimum absolute atomic E-state index is 0. The minimum atomic E-state index is 0. The molecular formula is C17H21IN6O2. The van der Waals surface area contributed by atoms with Gasteiger partial charge in [-0.05, 0) is 24.3 Å². The van der Waals surface area contributed by atoms with Gasteiger partial charge in [0, 0.05) is 39.2 Å². The molecule has 3 aromatic heterocycles. The van der Waals surface area contributed by atoms with E-state index in [9.17, 15) is 0 Å². The van der Waals surface area contributed by atoms with Gasteiger partial charge in [0.25, 0.3) is 5.89 Å². The maximum atomic E-state index is 5.29. The monoisotopic (exact) mass is 468 g/mol. The van der Waals surface area contributed by atoms with Crippen molar-refractivity contribution < 1.29 is 8.94 Å². The van der Waals surface area contributed by atoms with Crippen molar-refractivity contribution in [2.45, 2.75) is 12.8 Å². The first-order valence-electron chi connectivity index (χ1n) is 8.06. The molecule has 0 spiro atoms. The molecule has 3 aromatic rings. The number of halogens is 1. The number of nitrogens with one attached hydrogen (secondary N) is 2. The molecule has 0 aromatic carbocycles. The van der Waals surface area contributed by atoms with E-state index in [0.717, 1.165) is 24.7 Å². The molecular weight excluding hydrogens is 447 g/mol. The Hall–Kier alpha value is -2.43. The first-order chi connectivity index (χ1) is 12.3. The van der Waals surface area contributed by atoms with Gasteiger partial charge in [0.15, 0.2) is 11.8 Å². The van der Waals surface area contributed by atoms with Gasteiger partial charge in [0.2, 0.25) is 0 Å². The van der Waals surface area contributed by atoms with Gasteiger partial charge in [-0.1, -0.05) is 11.2 Å². The third kappa shape index (κ3) is 5.83. The molecule has 3 heterocycles. The van der Waals surface area contributed by atoms with Crippen LogP contribution in [0.4, 0.5) is 0 Å². The van der Waals surface area contributed by atoms with E-state index in [1.54, 1.807) is 19.5 Å². The number of furan rings is 1. The molecule has 0 aliphatic rings. The third-order valence-electron chi connectivity index (χ3n) is 3.46. The van der Waals surface area contributed by atoms with Crippen molar-refractivity contribution >= 4 is 29.9 Å². The molecule has 2 N–H and O–H groups in total. The van der Waals surface area contributed by atoms with Crippen molar-refractivity contribution in [1.29, 1.82) is 0 Å². The molecule has 0 radical (unpaired) electrons. The largest absolute Gasteiger partial charge is 0.469 e. The van der Waals surface area contributed by atoms with Gasteiger partial charge >= 0.3 is 0 Å². The Bertz CT molecular complexity index is 789. The fourth-order valence-electron chi connectivity index (χ4n) is 2.22. The average Bonchev–Trinajstić information content (AvgIpc) is 3.33. The fraction of sp³-hybridized carbons (Fsp3) is 0.294. The Morgan fingerprint density at radius 1 is 1.12 bits per heavy atom. The van der Waals surface area contributed by atoms with Gasteiger partial charge in [0.1, 0.15) is 11.5 Å². The maximum absolute atomic E-state index is 5.29. The normalized spacial score (nSPS) is 11.0. The van der Waals surface area contributed by atoms with Crippen LogP contribution in [0.3, 0.4) is 0 Å². The predicted molar refractivity (Wildman–Crippen MR) is 108 cm³/mol. The van der Waals surface area contributed by atoms with E-state index in [1.165, 1.54) is 0 Å². The van der Waals surface area contributed by atoms with Gasteiger partial charge in [-0.3, -0.25) is 9.98 Å². The summed E-state index contributed by atoms with van der Waals surface area (Å²) in [6.07, 6.45) is 4.78. The number of rotatable bonds is 7. The molecule has 9 heteroatoms.